The van der Waals surface area contributed by atoms with E-state index in [4.69, 9.17) is 5.73 Å². The predicted molar refractivity (Wildman–Crippen MR) is 48.8 cm³/mol. The standard InChI is InChI=1S/C7H11N3.ClH/c1-6(8)10-7-4-2-3-5-9-7;/h2-6H,8H2,1H3,(H,9,10);1H. The summed E-state index contributed by atoms with van der Waals surface area (Å²) in [5, 5.41) is 2.97. The Kier molecular flexibility index (Phi) is 4.57. The van der Waals surface area contributed by atoms with Crippen LogP contribution in [0.15, 0.2) is 24.4 Å². The second-order valence-corrected chi connectivity index (χ2v) is 2.15. The highest BCUT2D eigenvalue weighted by Crippen LogP contribution is 1.98. The average Bonchev–Trinajstić information content (AvgIpc) is 1.88. The van der Waals surface area contributed by atoms with Gasteiger partial charge in [0.1, 0.15) is 5.82 Å². The molecule has 0 saturated heterocycles. The lowest BCUT2D eigenvalue weighted by atomic mass is 10.4. The second-order valence-electron chi connectivity index (χ2n) is 2.15. The van der Waals surface area contributed by atoms with Gasteiger partial charge in [-0.2, -0.15) is 0 Å². The molecule has 0 aliphatic rings. The molecule has 1 aromatic heterocycles. The number of nitrogens with zero attached hydrogens (tertiary/aromatic N) is 1. The van der Waals surface area contributed by atoms with E-state index in [0.717, 1.165) is 5.82 Å². The number of anilines is 1. The van der Waals surface area contributed by atoms with Gasteiger partial charge in [-0.3, -0.25) is 0 Å². The van der Waals surface area contributed by atoms with Crippen LogP contribution in [0.25, 0.3) is 0 Å². The Labute approximate surface area is 72.4 Å². The zero-order valence-electron chi connectivity index (χ0n) is 6.32. The quantitative estimate of drug-likeness (QED) is 0.662. The van der Waals surface area contributed by atoms with Gasteiger partial charge < -0.3 is 11.1 Å². The third-order valence-corrected chi connectivity index (χ3v) is 1.04. The maximum absolute atomic E-state index is 5.47. The summed E-state index contributed by atoms with van der Waals surface area (Å²) in [6.45, 7) is 1.87. The fourth-order valence-corrected chi connectivity index (χ4v) is 0.681. The van der Waals surface area contributed by atoms with Crippen LogP contribution in [0.1, 0.15) is 6.92 Å². The van der Waals surface area contributed by atoms with Gasteiger partial charge in [-0.1, -0.05) is 6.07 Å². The highest BCUT2D eigenvalue weighted by atomic mass is 35.5. The highest BCUT2D eigenvalue weighted by Gasteiger charge is 1.92. The molecule has 0 bridgehead atoms. The Balaban J connectivity index is 0.000001000. The molecule has 0 aromatic carbocycles. The number of pyridine rings is 1. The summed E-state index contributed by atoms with van der Waals surface area (Å²) in [6, 6.07) is 5.66. The average molecular weight is 174 g/mol. The summed E-state index contributed by atoms with van der Waals surface area (Å²) >= 11 is 0. The first kappa shape index (κ1) is 10.2. The summed E-state index contributed by atoms with van der Waals surface area (Å²) < 4.78 is 0. The second kappa shape index (κ2) is 4.93. The number of halogens is 1. The summed E-state index contributed by atoms with van der Waals surface area (Å²) in [6.07, 6.45) is 1.68. The van der Waals surface area contributed by atoms with Crippen molar-refractivity contribution in [2.45, 2.75) is 13.1 Å². The lowest BCUT2D eigenvalue weighted by molar-refractivity contribution is 0.843. The zero-order chi connectivity index (χ0) is 7.40. The van der Waals surface area contributed by atoms with Crippen molar-refractivity contribution in [2.24, 2.45) is 5.73 Å². The molecule has 1 atom stereocenters. The van der Waals surface area contributed by atoms with Gasteiger partial charge in [0.25, 0.3) is 0 Å². The lowest BCUT2D eigenvalue weighted by Crippen LogP contribution is -2.25. The molecule has 4 heteroatoms. The SMILES string of the molecule is CC(N)Nc1ccccn1.Cl. The Morgan fingerprint density at radius 2 is 2.27 bits per heavy atom. The number of aromatic nitrogens is 1. The number of hydrogen-bond acceptors (Lipinski definition) is 3. The largest absolute Gasteiger partial charge is 0.355 e. The van der Waals surface area contributed by atoms with Gasteiger partial charge in [0, 0.05) is 6.20 Å². The van der Waals surface area contributed by atoms with E-state index in [0.29, 0.717) is 0 Å². The maximum atomic E-state index is 5.47. The van der Waals surface area contributed by atoms with Crippen molar-refractivity contribution in [1.82, 2.24) is 4.98 Å². The van der Waals surface area contributed by atoms with E-state index in [1.165, 1.54) is 0 Å². The van der Waals surface area contributed by atoms with Gasteiger partial charge in [0.05, 0.1) is 6.17 Å². The summed E-state index contributed by atoms with van der Waals surface area (Å²) in [5.74, 6) is 0.817. The molecule has 3 N–H and O–H groups in total. The van der Waals surface area contributed by atoms with Gasteiger partial charge in [-0.15, -0.1) is 12.4 Å². The minimum atomic E-state index is -0.0464. The smallest absolute Gasteiger partial charge is 0.127 e. The molecule has 0 aliphatic carbocycles. The van der Waals surface area contributed by atoms with Crippen molar-refractivity contribution in [1.29, 1.82) is 0 Å². The Hall–Kier alpha value is -0.800. The van der Waals surface area contributed by atoms with E-state index < -0.39 is 0 Å². The molecule has 11 heavy (non-hydrogen) atoms. The first-order valence-corrected chi connectivity index (χ1v) is 3.22. The van der Waals surface area contributed by atoms with Crippen molar-refractivity contribution < 1.29 is 0 Å². The fourth-order valence-electron chi connectivity index (χ4n) is 0.681. The van der Waals surface area contributed by atoms with E-state index in [2.05, 4.69) is 10.3 Å². The topological polar surface area (TPSA) is 50.9 Å². The van der Waals surface area contributed by atoms with Gasteiger partial charge in [-0.05, 0) is 19.1 Å². The minimum Gasteiger partial charge on any atom is -0.355 e. The maximum Gasteiger partial charge on any atom is 0.127 e. The first-order valence-electron chi connectivity index (χ1n) is 3.22. The molecule has 1 heterocycles. The molecule has 0 radical (unpaired) electrons. The molecular weight excluding hydrogens is 162 g/mol. The normalized spacial score (nSPS) is 11.5. The van der Waals surface area contributed by atoms with Crippen LogP contribution in [0.4, 0.5) is 5.82 Å². The molecule has 1 aromatic rings. The van der Waals surface area contributed by atoms with Crippen molar-refractivity contribution in [2.75, 3.05) is 5.32 Å². The van der Waals surface area contributed by atoms with Gasteiger partial charge >= 0.3 is 0 Å². The van der Waals surface area contributed by atoms with Crippen LogP contribution in [0.5, 0.6) is 0 Å². The van der Waals surface area contributed by atoms with Crippen LogP contribution in [0, 0.1) is 0 Å². The third kappa shape index (κ3) is 3.80. The van der Waals surface area contributed by atoms with Crippen LogP contribution in [-0.4, -0.2) is 11.1 Å². The number of nitrogens with one attached hydrogen (secondary N) is 1. The molecule has 62 valence electrons. The van der Waals surface area contributed by atoms with E-state index >= 15 is 0 Å². The van der Waals surface area contributed by atoms with Crippen LogP contribution < -0.4 is 11.1 Å². The van der Waals surface area contributed by atoms with Crippen LogP contribution in [-0.2, 0) is 0 Å². The van der Waals surface area contributed by atoms with E-state index in [1.807, 2.05) is 25.1 Å². The summed E-state index contributed by atoms with van der Waals surface area (Å²) in [5.41, 5.74) is 5.47. The fraction of sp³-hybridized carbons (Fsp3) is 0.286. The molecule has 0 saturated carbocycles. The minimum absolute atomic E-state index is 0. The van der Waals surface area contributed by atoms with Crippen molar-refractivity contribution in [3.05, 3.63) is 24.4 Å². The van der Waals surface area contributed by atoms with E-state index in [-0.39, 0.29) is 18.6 Å². The molecule has 0 aliphatic heterocycles. The zero-order valence-corrected chi connectivity index (χ0v) is 7.14. The molecule has 0 spiro atoms. The lowest BCUT2D eigenvalue weighted by Gasteiger charge is -2.07. The number of nitrogens with two attached hydrogens (primary N) is 1. The molecule has 0 amide bonds. The van der Waals surface area contributed by atoms with Crippen LogP contribution in [0.2, 0.25) is 0 Å². The first-order chi connectivity index (χ1) is 4.79. The number of rotatable bonds is 2. The molecular formula is C7H12ClN3. The van der Waals surface area contributed by atoms with Gasteiger partial charge in [-0.25, -0.2) is 4.98 Å². The monoisotopic (exact) mass is 173 g/mol. The molecule has 0 fully saturated rings. The molecule has 3 nitrogen and oxygen atoms in total. The Morgan fingerprint density at radius 1 is 1.55 bits per heavy atom. The predicted octanol–water partition coefficient (Wildman–Crippen LogP) is 1.22. The summed E-state index contributed by atoms with van der Waals surface area (Å²) in [4.78, 5) is 4.03. The van der Waals surface area contributed by atoms with Crippen LogP contribution in [0.3, 0.4) is 0 Å². The summed E-state index contributed by atoms with van der Waals surface area (Å²) in [7, 11) is 0. The van der Waals surface area contributed by atoms with Gasteiger partial charge in [0.15, 0.2) is 0 Å². The van der Waals surface area contributed by atoms with Crippen LogP contribution >= 0.6 is 12.4 Å². The third-order valence-electron chi connectivity index (χ3n) is 1.04. The van der Waals surface area contributed by atoms with E-state index in [1.54, 1.807) is 6.20 Å². The van der Waals surface area contributed by atoms with E-state index in [9.17, 15) is 0 Å². The van der Waals surface area contributed by atoms with Crippen molar-refractivity contribution in [3.8, 4) is 0 Å². The Bertz CT molecular complexity index is 188. The molecule has 1 unspecified atom stereocenters. The highest BCUT2D eigenvalue weighted by molar-refractivity contribution is 5.85. The Morgan fingerprint density at radius 3 is 2.73 bits per heavy atom. The van der Waals surface area contributed by atoms with Crippen molar-refractivity contribution >= 4 is 18.2 Å². The van der Waals surface area contributed by atoms with Gasteiger partial charge in [0.2, 0.25) is 0 Å². The van der Waals surface area contributed by atoms with Crippen molar-refractivity contribution in [3.63, 3.8) is 0 Å². The molecule has 1 rings (SSSR count). The number of hydrogen-bond donors (Lipinski definition) is 2.